The van der Waals surface area contributed by atoms with E-state index in [9.17, 15) is 0 Å². The average molecular weight is 296 g/mol. The molecule has 0 saturated heterocycles. The van der Waals surface area contributed by atoms with Gasteiger partial charge in [0.2, 0.25) is 0 Å². The molecule has 3 heteroatoms. The van der Waals surface area contributed by atoms with Gasteiger partial charge in [-0.15, -0.1) is 11.3 Å². The summed E-state index contributed by atoms with van der Waals surface area (Å²) in [6.07, 6.45) is 1.08. The predicted molar refractivity (Wildman–Crippen MR) is 75.2 cm³/mol. The van der Waals surface area contributed by atoms with E-state index < -0.39 is 0 Å². The maximum Gasteiger partial charge on any atom is 0.0702 e. The largest absolute Gasteiger partial charge is 0.380 e. The van der Waals surface area contributed by atoms with E-state index in [4.69, 9.17) is 0 Å². The fourth-order valence-corrected chi connectivity index (χ4v) is 2.96. The second kappa shape index (κ2) is 5.51. The Hall–Kier alpha value is -0.800. The van der Waals surface area contributed by atoms with Crippen LogP contribution in [0, 0.1) is 0 Å². The Balaban J connectivity index is 1.99. The van der Waals surface area contributed by atoms with Gasteiger partial charge < -0.3 is 5.32 Å². The van der Waals surface area contributed by atoms with E-state index in [2.05, 4.69) is 64.6 Å². The molecule has 0 fully saturated rings. The fraction of sp³-hybridized carbons (Fsp3) is 0.231. The Labute approximate surface area is 109 Å². The summed E-state index contributed by atoms with van der Waals surface area (Å²) in [4.78, 5) is 1.34. The van der Waals surface area contributed by atoms with Gasteiger partial charge in [-0.25, -0.2) is 0 Å². The van der Waals surface area contributed by atoms with Gasteiger partial charge in [0.1, 0.15) is 0 Å². The Morgan fingerprint density at radius 2 is 2.12 bits per heavy atom. The minimum atomic E-state index is 0.892. The monoisotopic (exact) mass is 295 g/mol. The third-order valence-electron chi connectivity index (χ3n) is 2.43. The molecular weight excluding hydrogens is 282 g/mol. The summed E-state index contributed by atoms with van der Waals surface area (Å²) in [5.41, 5.74) is 2.57. The van der Waals surface area contributed by atoms with Crippen LogP contribution in [0.2, 0.25) is 0 Å². The summed E-state index contributed by atoms with van der Waals surface area (Å²) >= 11 is 5.24. The Kier molecular flexibility index (Phi) is 4.02. The highest BCUT2D eigenvalue weighted by molar-refractivity contribution is 9.11. The smallest absolute Gasteiger partial charge is 0.0702 e. The lowest BCUT2D eigenvalue weighted by molar-refractivity contribution is 1.13. The van der Waals surface area contributed by atoms with Crippen LogP contribution in [-0.2, 0) is 13.0 Å². The molecule has 2 aromatic rings. The van der Waals surface area contributed by atoms with Crippen LogP contribution < -0.4 is 5.32 Å². The number of hydrogen-bond donors (Lipinski definition) is 1. The van der Waals surface area contributed by atoms with Crippen LogP contribution in [0.4, 0.5) is 5.69 Å². The third kappa shape index (κ3) is 3.09. The maximum absolute atomic E-state index is 3.47. The number of halogens is 1. The van der Waals surface area contributed by atoms with Crippen molar-refractivity contribution in [2.24, 2.45) is 0 Å². The number of benzene rings is 1. The molecule has 1 nitrogen and oxygen atoms in total. The third-order valence-corrected chi connectivity index (χ3v) is 4.05. The highest BCUT2D eigenvalue weighted by Gasteiger charge is 1.98. The molecule has 1 heterocycles. The van der Waals surface area contributed by atoms with E-state index in [1.807, 2.05) is 0 Å². The standard InChI is InChI=1S/C13H14BrNS/c1-2-10-4-3-5-11(8-10)15-9-12-6-7-13(14)16-12/h3-8,15H,2,9H2,1H3. The van der Waals surface area contributed by atoms with Crippen LogP contribution in [0.15, 0.2) is 40.2 Å². The summed E-state index contributed by atoms with van der Waals surface area (Å²) < 4.78 is 1.19. The van der Waals surface area contributed by atoms with Gasteiger partial charge in [-0.1, -0.05) is 19.1 Å². The number of thiophene rings is 1. The molecule has 0 amide bonds. The van der Waals surface area contributed by atoms with Gasteiger partial charge >= 0.3 is 0 Å². The van der Waals surface area contributed by atoms with Crippen molar-refractivity contribution in [3.63, 3.8) is 0 Å². The van der Waals surface area contributed by atoms with Crippen LogP contribution >= 0.6 is 27.3 Å². The lowest BCUT2D eigenvalue weighted by atomic mass is 10.1. The van der Waals surface area contributed by atoms with Crippen LogP contribution in [0.5, 0.6) is 0 Å². The van der Waals surface area contributed by atoms with Crippen LogP contribution in [-0.4, -0.2) is 0 Å². The van der Waals surface area contributed by atoms with E-state index >= 15 is 0 Å². The molecule has 16 heavy (non-hydrogen) atoms. The number of nitrogens with one attached hydrogen (secondary N) is 1. The highest BCUT2D eigenvalue weighted by Crippen LogP contribution is 2.23. The van der Waals surface area contributed by atoms with Crippen molar-refractivity contribution in [1.82, 2.24) is 0 Å². The van der Waals surface area contributed by atoms with Gasteiger partial charge in [-0.05, 0) is 52.2 Å². The van der Waals surface area contributed by atoms with Crippen molar-refractivity contribution in [1.29, 1.82) is 0 Å². The lowest BCUT2D eigenvalue weighted by Crippen LogP contribution is -1.97. The summed E-state index contributed by atoms with van der Waals surface area (Å²) in [5, 5.41) is 3.44. The minimum Gasteiger partial charge on any atom is -0.380 e. The molecule has 84 valence electrons. The number of anilines is 1. The van der Waals surface area contributed by atoms with Gasteiger partial charge in [0.25, 0.3) is 0 Å². The van der Waals surface area contributed by atoms with E-state index in [-0.39, 0.29) is 0 Å². The molecule has 0 aliphatic carbocycles. The molecule has 1 N–H and O–H groups in total. The van der Waals surface area contributed by atoms with Gasteiger partial charge in [0, 0.05) is 17.1 Å². The van der Waals surface area contributed by atoms with Crippen molar-refractivity contribution < 1.29 is 0 Å². The van der Waals surface area contributed by atoms with E-state index in [1.54, 1.807) is 11.3 Å². The first-order chi connectivity index (χ1) is 7.78. The van der Waals surface area contributed by atoms with Crippen LogP contribution in [0.3, 0.4) is 0 Å². The van der Waals surface area contributed by atoms with E-state index in [0.717, 1.165) is 13.0 Å². The second-order valence-electron chi connectivity index (χ2n) is 3.61. The van der Waals surface area contributed by atoms with Crippen molar-refractivity contribution in [3.05, 3.63) is 50.6 Å². The van der Waals surface area contributed by atoms with Crippen molar-refractivity contribution in [3.8, 4) is 0 Å². The second-order valence-corrected chi connectivity index (χ2v) is 6.16. The summed E-state index contributed by atoms with van der Waals surface area (Å²) in [5.74, 6) is 0. The first-order valence-corrected chi connectivity index (χ1v) is 6.96. The zero-order chi connectivity index (χ0) is 11.4. The molecule has 0 saturated carbocycles. The molecule has 0 unspecified atom stereocenters. The zero-order valence-electron chi connectivity index (χ0n) is 9.16. The SMILES string of the molecule is CCc1cccc(NCc2ccc(Br)s2)c1. The Bertz CT molecular complexity index is 464. The molecule has 1 aromatic carbocycles. The Morgan fingerprint density at radius 3 is 2.81 bits per heavy atom. The minimum absolute atomic E-state index is 0.892. The first-order valence-electron chi connectivity index (χ1n) is 5.35. The summed E-state index contributed by atoms with van der Waals surface area (Å²) in [7, 11) is 0. The fourth-order valence-electron chi connectivity index (χ4n) is 1.54. The number of hydrogen-bond acceptors (Lipinski definition) is 2. The molecule has 2 rings (SSSR count). The molecule has 0 radical (unpaired) electrons. The zero-order valence-corrected chi connectivity index (χ0v) is 11.6. The van der Waals surface area contributed by atoms with Crippen LogP contribution in [0.25, 0.3) is 0 Å². The van der Waals surface area contributed by atoms with Crippen molar-refractivity contribution in [2.75, 3.05) is 5.32 Å². The van der Waals surface area contributed by atoms with Gasteiger partial charge in [-0.2, -0.15) is 0 Å². The normalized spacial score (nSPS) is 10.4. The quantitative estimate of drug-likeness (QED) is 0.863. The molecule has 0 atom stereocenters. The average Bonchev–Trinajstić information content (AvgIpc) is 2.73. The molecule has 0 spiro atoms. The topological polar surface area (TPSA) is 12.0 Å². The van der Waals surface area contributed by atoms with E-state index in [1.165, 1.54) is 19.9 Å². The van der Waals surface area contributed by atoms with Gasteiger partial charge in [0.15, 0.2) is 0 Å². The summed E-state index contributed by atoms with van der Waals surface area (Å²) in [6.45, 7) is 3.07. The number of rotatable bonds is 4. The van der Waals surface area contributed by atoms with Crippen molar-refractivity contribution in [2.45, 2.75) is 19.9 Å². The molecular formula is C13H14BrNS. The molecule has 1 aromatic heterocycles. The molecule has 0 aliphatic heterocycles. The van der Waals surface area contributed by atoms with Crippen molar-refractivity contribution >= 4 is 33.0 Å². The highest BCUT2D eigenvalue weighted by atomic mass is 79.9. The maximum atomic E-state index is 3.47. The summed E-state index contributed by atoms with van der Waals surface area (Å²) in [6, 6.07) is 12.8. The predicted octanol–water partition coefficient (Wildman–Crippen LogP) is 4.69. The number of aryl methyl sites for hydroxylation is 1. The lowest BCUT2D eigenvalue weighted by Gasteiger charge is -2.06. The molecule has 0 bridgehead atoms. The van der Waals surface area contributed by atoms with E-state index in [0.29, 0.717) is 0 Å². The Morgan fingerprint density at radius 1 is 1.25 bits per heavy atom. The van der Waals surface area contributed by atoms with Gasteiger partial charge in [-0.3, -0.25) is 0 Å². The van der Waals surface area contributed by atoms with Crippen LogP contribution in [0.1, 0.15) is 17.4 Å². The van der Waals surface area contributed by atoms with Gasteiger partial charge in [0.05, 0.1) is 3.79 Å². The molecule has 0 aliphatic rings. The first kappa shape index (κ1) is 11.7.